The number of nitrogens with one attached hydrogen (secondary N) is 3. The molecule has 8 nitrogen and oxygen atoms in total. The zero-order valence-corrected chi connectivity index (χ0v) is 19.2. The Morgan fingerprint density at radius 1 is 0.853 bits per heavy atom. The second kappa shape index (κ2) is 11.3. The number of hydrogen-bond donors (Lipinski definition) is 3. The van der Waals surface area contributed by atoms with Gasteiger partial charge in [-0.15, -0.1) is 0 Å². The summed E-state index contributed by atoms with van der Waals surface area (Å²) in [6, 6.07) is 17.6. The molecule has 10 heteroatoms. The summed E-state index contributed by atoms with van der Waals surface area (Å²) >= 11 is 0. The van der Waals surface area contributed by atoms with E-state index >= 15 is 0 Å². The molecule has 0 unspecified atom stereocenters. The molecular formula is C24H24FN3O5S. The van der Waals surface area contributed by atoms with E-state index in [1.54, 1.807) is 36.4 Å². The largest absolute Gasteiger partial charge is 0.494 e. The van der Waals surface area contributed by atoms with Crippen LogP contribution in [0.2, 0.25) is 0 Å². The molecule has 3 N–H and O–H groups in total. The van der Waals surface area contributed by atoms with Crippen molar-refractivity contribution in [1.82, 2.24) is 5.32 Å². The first-order valence-electron chi connectivity index (χ1n) is 10.4. The van der Waals surface area contributed by atoms with Gasteiger partial charge >= 0.3 is 0 Å². The quantitative estimate of drug-likeness (QED) is 0.408. The van der Waals surface area contributed by atoms with Gasteiger partial charge in [0.05, 0.1) is 24.5 Å². The summed E-state index contributed by atoms with van der Waals surface area (Å²) in [5.41, 5.74) is 1.51. The van der Waals surface area contributed by atoms with Crippen LogP contribution in [0.5, 0.6) is 5.75 Å². The highest BCUT2D eigenvalue weighted by Gasteiger charge is 2.14. The van der Waals surface area contributed by atoms with Gasteiger partial charge in [-0.05, 0) is 73.2 Å². The average molecular weight is 486 g/mol. The van der Waals surface area contributed by atoms with Gasteiger partial charge in [-0.3, -0.25) is 14.3 Å². The van der Waals surface area contributed by atoms with Crippen LogP contribution in [0.3, 0.4) is 0 Å². The van der Waals surface area contributed by atoms with Crippen molar-refractivity contribution in [2.45, 2.75) is 18.2 Å². The van der Waals surface area contributed by atoms with E-state index in [4.69, 9.17) is 4.74 Å². The molecule has 0 aliphatic rings. The minimum absolute atomic E-state index is 0.0152. The van der Waals surface area contributed by atoms with Gasteiger partial charge in [0, 0.05) is 11.4 Å². The number of halogens is 1. The van der Waals surface area contributed by atoms with E-state index in [0.29, 0.717) is 29.3 Å². The summed E-state index contributed by atoms with van der Waals surface area (Å²) in [5, 5.41) is 5.22. The molecule has 0 saturated carbocycles. The lowest BCUT2D eigenvalue weighted by atomic mass is 10.1. The molecule has 178 valence electrons. The molecule has 0 atom stereocenters. The minimum atomic E-state index is -3.86. The second-order valence-corrected chi connectivity index (χ2v) is 8.90. The van der Waals surface area contributed by atoms with Crippen molar-refractivity contribution in [1.29, 1.82) is 0 Å². The zero-order chi connectivity index (χ0) is 24.6. The maximum atomic E-state index is 13.0. The van der Waals surface area contributed by atoms with E-state index < -0.39 is 15.8 Å². The lowest BCUT2D eigenvalue weighted by Crippen LogP contribution is -2.33. The molecule has 0 aliphatic heterocycles. The fraction of sp³-hybridized carbons (Fsp3) is 0.167. The Kier molecular flexibility index (Phi) is 8.20. The number of sulfonamides is 1. The summed E-state index contributed by atoms with van der Waals surface area (Å²) in [7, 11) is -3.86. The van der Waals surface area contributed by atoms with Gasteiger partial charge in [-0.2, -0.15) is 0 Å². The van der Waals surface area contributed by atoms with Gasteiger partial charge in [0.1, 0.15) is 11.6 Å². The number of benzene rings is 3. The number of carbonyl (C=O) groups excluding carboxylic acids is 2. The molecule has 0 spiro atoms. The van der Waals surface area contributed by atoms with E-state index in [1.807, 2.05) is 6.92 Å². The molecule has 0 heterocycles. The zero-order valence-electron chi connectivity index (χ0n) is 18.4. The molecule has 3 rings (SSSR count). The summed E-state index contributed by atoms with van der Waals surface area (Å²) in [5.74, 6) is -0.567. The molecule has 2 amide bonds. The average Bonchev–Trinajstić information content (AvgIpc) is 2.81. The van der Waals surface area contributed by atoms with Crippen molar-refractivity contribution in [3.8, 4) is 5.75 Å². The lowest BCUT2D eigenvalue weighted by molar-refractivity contribution is -0.123. The van der Waals surface area contributed by atoms with Gasteiger partial charge in [0.2, 0.25) is 11.8 Å². The number of ether oxygens (including phenoxy) is 1. The van der Waals surface area contributed by atoms with Gasteiger partial charge in [0.15, 0.2) is 0 Å². The first-order chi connectivity index (χ1) is 16.2. The first kappa shape index (κ1) is 24.7. The fourth-order valence-corrected chi connectivity index (χ4v) is 4.01. The fourth-order valence-electron chi connectivity index (χ4n) is 2.95. The van der Waals surface area contributed by atoms with E-state index in [9.17, 15) is 22.4 Å². The van der Waals surface area contributed by atoms with Crippen molar-refractivity contribution in [2.75, 3.05) is 23.2 Å². The molecule has 0 radical (unpaired) electrons. The third-order valence-electron chi connectivity index (χ3n) is 4.59. The second-order valence-electron chi connectivity index (χ2n) is 7.22. The van der Waals surface area contributed by atoms with Crippen molar-refractivity contribution in [3.63, 3.8) is 0 Å². The van der Waals surface area contributed by atoms with Crippen LogP contribution >= 0.6 is 0 Å². The number of amides is 2. The third-order valence-corrected chi connectivity index (χ3v) is 5.99. The van der Waals surface area contributed by atoms with E-state index in [-0.39, 0.29) is 29.7 Å². The maximum absolute atomic E-state index is 13.0. The Morgan fingerprint density at radius 2 is 1.47 bits per heavy atom. The van der Waals surface area contributed by atoms with Crippen molar-refractivity contribution in [3.05, 3.63) is 84.2 Å². The van der Waals surface area contributed by atoms with E-state index in [1.165, 1.54) is 24.3 Å². The number of anilines is 2. The monoisotopic (exact) mass is 485 g/mol. The minimum Gasteiger partial charge on any atom is -0.494 e. The maximum Gasteiger partial charge on any atom is 0.261 e. The van der Waals surface area contributed by atoms with E-state index in [0.717, 1.165) is 12.1 Å². The highest BCUT2D eigenvalue weighted by Crippen LogP contribution is 2.18. The SMILES string of the molecule is CCOc1ccc(NC(=O)CNC(=O)Cc2ccc(NS(=O)(=O)c3ccc(F)cc3)cc2)cc1. The number of rotatable bonds is 10. The van der Waals surface area contributed by atoms with Crippen LogP contribution in [0.1, 0.15) is 12.5 Å². The number of carbonyl (C=O) groups is 2. The van der Waals surface area contributed by atoms with Crippen LogP contribution in [0, 0.1) is 5.82 Å². The number of hydrogen-bond acceptors (Lipinski definition) is 5. The third kappa shape index (κ3) is 7.31. The van der Waals surface area contributed by atoms with Crippen molar-refractivity contribution >= 4 is 33.2 Å². The van der Waals surface area contributed by atoms with Crippen LogP contribution in [0.15, 0.2) is 77.7 Å². The Labute approximate surface area is 197 Å². The van der Waals surface area contributed by atoms with Crippen LogP contribution in [0.25, 0.3) is 0 Å². The Morgan fingerprint density at radius 3 is 2.09 bits per heavy atom. The molecule has 0 saturated heterocycles. The molecule has 0 bridgehead atoms. The van der Waals surface area contributed by atoms with Crippen LogP contribution in [-0.2, 0) is 26.0 Å². The van der Waals surface area contributed by atoms with Gasteiger partial charge < -0.3 is 15.4 Å². The first-order valence-corrected chi connectivity index (χ1v) is 11.9. The van der Waals surface area contributed by atoms with Crippen molar-refractivity contribution in [2.24, 2.45) is 0 Å². The van der Waals surface area contributed by atoms with Gasteiger partial charge in [-0.1, -0.05) is 12.1 Å². The molecular weight excluding hydrogens is 461 g/mol. The Bertz CT molecular complexity index is 1230. The highest BCUT2D eigenvalue weighted by molar-refractivity contribution is 7.92. The Hall–Kier alpha value is -3.92. The Balaban J connectivity index is 1.46. The predicted octanol–water partition coefficient (Wildman–Crippen LogP) is 3.32. The summed E-state index contributed by atoms with van der Waals surface area (Å²) < 4.78 is 45.5. The molecule has 3 aromatic rings. The van der Waals surface area contributed by atoms with Crippen LogP contribution < -0.4 is 20.1 Å². The predicted molar refractivity (Wildman–Crippen MR) is 127 cm³/mol. The smallest absolute Gasteiger partial charge is 0.261 e. The van der Waals surface area contributed by atoms with E-state index in [2.05, 4.69) is 15.4 Å². The lowest BCUT2D eigenvalue weighted by Gasteiger charge is -2.10. The van der Waals surface area contributed by atoms with Gasteiger partial charge in [0.25, 0.3) is 10.0 Å². The molecule has 0 aromatic heterocycles. The summed E-state index contributed by atoms with van der Waals surface area (Å²) in [6.45, 7) is 2.23. The van der Waals surface area contributed by atoms with Crippen LogP contribution in [-0.4, -0.2) is 33.4 Å². The molecule has 0 aliphatic carbocycles. The molecule has 0 fully saturated rings. The van der Waals surface area contributed by atoms with Crippen LogP contribution in [0.4, 0.5) is 15.8 Å². The highest BCUT2D eigenvalue weighted by atomic mass is 32.2. The van der Waals surface area contributed by atoms with Crippen molar-refractivity contribution < 1.29 is 27.1 Å². The topological polar surface area (TPSA) is 114 Å². The van der Waals surface area contributed by atoms with Gasteiger partial charge in [-0.25, -0.2) is 12.8 Å². The molecule has 3 aromatic carbocycles. The molecule has 34 heavy (non-hydrogen) atoms. The normalized spacial score (nSPS) is 10.9. The summed E-state index contributed by atoms with van der Waals surface area (Å²) in [4.78, 5) is 24.1. The standard InChI is InChI=1S/C24H24FN3O5S/c1-2-33-21-11-9-19(10-12-21)27-24(30)16-26-23(29)15-17-3-7-20(8-4-17)28-34(31,32)22-13-5-18(25)6-14-22/h3-14,28H,2,15-16H2,1H3,(H,26,29)(H,27,30). The summed E-state index contributed by atoms with van der Waals surface area (Å²) in [6.07, 6.45) is 0.0152.